The van der Waals surface area contributed by atoms with Gasteiger partial charge in [0.1, 0.15) is 0 Å². The SMILES string of the molecule is Cc1cccc(-c2ccc(NC(=O)C3CCN(C4CSCCSC4)CC3)cc2)c1. The largest absolute Gasteiger partial charge is 0.326 e. The van der Waals surface area contributed by atoms with Crippen LogP contribution in [-0.2, 0) is 4.79 Å². The number of nitrogens with one attached hydrogen (secondary N) is 1. The van der Waals surface area contributed by atoms with Crippen LogP contribution in [0, 0.1) is 12.8 Å². The van der Waals surface area contributed by atoms with E-state index in [4.69, 9.17) is 0 Å². The second-order valence-electron chi connectivity index (χ2n) is 8.05. The Kier molecular flexibility index (Phi) is 7.22. The molecule has 1 amide bonds. The van der Waals surface area contributed by atoms with Crippen LogP contribution in [0.1, 0.15) is 18.4 Å². The van der Waals surface area contributed by atoms with Crippen molar-refractivity contribution in [2.45, 2.75) is 25.8 Å². The van der Waals surface area contributed by atoms with Crippen LogP contribution in [0.2, 0.25) is 0 Å². The molecule has 2 saturated heterocycles. The van der Waals surface area contributed by atoms with E-state index in [-0.39, 0.29) is 11.8 Å². The monoisotopic (exact) mass is 426 g/mol. The van der Waals surface area contributed by atoms with Gasteiger partial charge in [-0.1, -0.05) is 42.0 Å². The highest BCUT2D eigenvalue weighted by atomic mass is 32.2. The molecule has 0 bridgehead atoms. The van der Waals surface area contributed by atoms with E-state index in [0.29, 0.717) is 6.04 Å². The van der Waals surface area contributed by atoms with Crippen LogP contribution in [0.25, 0.3) is 11.1 Å². The maximum Gasteiger partial charge on any atom is 0.227 e. The maximum absolute atomic E-state index is 12.8. The molecule has 2 fully saturated rings. The molecule has 29 heavy (non-hydrogen) atoms. The molecular weight excluding hydrogens is 396 g/mol. The third kappa shape index (κ3) is 5.59. The standard InChI is InChI=1S/C24H30N2OS2/c1-18-3-2-4-21(15-18)19-5-7-22(8-6-19)25-24(27)20-9-11-26(12-10-20)23-16-28-13-14-29-17-23/h2-8,15,20,23H,9-14,16-17H2,1H3,(H,25,27). The van der Waals surface area contributed by atoms with Crippen molar-refractivity contribution in [3.05, 3.63) is 54.1 Å². The van der Waals surface area contributed by atoms with Crippen LogP contribution in [0.15, 0.2) is 48.5 Å². The van der Waals surface area contributed by atoms with Gasteiger partial charge in [-0.3, -0.25) is 9.69 Å². The molecule has 0 radical (unpaired) electrons. The number of aryl methyl sites for hydroxylation is 1. The van der Waals surface area contributed by atoms with Gasteiger partial charge in [-0.15, -0.1) is 0 Å². The summed E-state index contributed by atoms with van der Waals surface area (Å²) in [4.78, 5) is 15.4. The van der Waals surface area contributed by atoms with E-state index in [0.717, 1.165) is 31.6 Å². The minimum atomic E-state index is 0.133. The average molecular weight is 427 g/mol. The highest BCUT2D eigenvalue weighted by Gasteiger charge is 2.29. The molecule has 1 N–H and O–H groups in total. The topological polar surface area (TPSA) is 32.3 Å². The molecule has 2 aromatic carbocycles. The fourth-order valence-corrected chi connectivity index (χ4v) is 6.78. The van der Waals surface area contributed by atoms with Gasteiger partial charge in [0.05, 0.1) is 0 Å². The number of hydrogen-bond acceptors (Lipinski definition) is 4. The summed E-state index contributed by atoms with van der Waals surface area (Å²) in [5.41, 5.74) is 4.54. The predicted octanol–water partition coefficient (Wildman–Crippen LogP) is 5.16. The summed E-state index contributed by atoms with van der Waals surface area (Å²) < 4.78 is 0. The quantitative estimate of drug-likeness (QED) is 0.732. The van der Waals surface area contributed by atoms with Crippen molar-refractivity contribution in [3.8, 4) is 11.1 Å². The van der Waals surface area contributed by atoms with Crippen LogP contribution in [0.4, 0.5) is 5.69 Å². The first-order valence-corrected chi connectivity index (χ1v) is 12.9. The number of carbonyl (C=O) groups excluding carboxylic acids is 1. The lowest BCUT2D eigenvalue weighted by molar-refractivity contribution is -0.121. The molecule has 5 heteroatoms. The van der Waals surface area contributed by atoms with Crippen molar-refractivity contribution in [3.63, 3.8) is 0 Å². The first kappa shape index (κ1) is 20.8. The number of carbonyl (C=O) groups is 1. The number of likely N-dealkylation sites (tertiary alicyclic amines) is 1. The Morgan fingerprint density at radius 1 is 0.966 bits per heavy atom. The number of anilines is 1. The first-order chi connectivity index (χ1) is 14.2. The Balaban J connectivity index is 1.29. The van der Waals surface area contributed by atoms with Gasteiger partial charge in [0.25, 0.3) is 0 Å². The molecule has 0 unspecified atom stereocenters. The molecule has 0 aromatic heterocycles. The third-order valence-electron chi connectivity index (χ3n) is 5.91. The van der Waals surface area contributed by atoms with Crippen LogP contribution >= 0.6 is 23.5 Å². The van der Waals surface area contributed by atoms with E-state index in [1.165, 1.54) is 39.7 Å². The van der Waals surface area contributed by atoms with Crippen LogP contribution in [0.5, 0.6) is 0 Å². The zero-order chi connectivity index (χ0) is 20.1. The fraction of sp³-hybridized carbons (Fsp3) is 0.458. The summed E-state index contributed by atoms with van der Waals surface area (Å²) in [6.07, 6.45) is 1.94. The van der Waals surface area contributed by atoms with Gasteiger partial charge >= 0.3 is 0 Å². The number of nitrogens with zero attached hydrogens (tertiary/aromatic N) is 1. The normalized spacial score (nSPS) is 19.6. The molecule has 0 atom stereocenters. The molecule has 2 aromatic rings. The Morgan fingerprint density at radius 3 is 2.31 bits per heavy atom. The summed E-state index contributed by atoms with van der Waals surface area (Å²) in [7, 11) is 0. The highest BCUT2D eigenvalue weighted by molar-refractivity contribution is 8.03. The Hall–Kier alpha value is -1.43. The van der Waals surface area contributed by atoms with E-state index in [9.17, 15) is 4.79 Å². The van der Waals surface area contributed by atoms with E-state index >= 15 is 0 Å². The molecule has 0 aliphatic carbocycles. The zero-order valence-corrected chi connectivity index (χ0v) is 18.7. The van der Waals surface area contributed by atoms with E-state index < -0.39 is 0 Å². The van der Waals surface area contributed by atoms with Gasteiger partial charge in [0.15, 0.2) is 0 Å². The van der Waals surface area contributed by atoms with Gasteiger partial charge in [0.2, 0.25) is 5.91 Å². The maximum atomic E-state index is 12.8. The lowest BCUT2D eigenvalue weighted by Gasteiger charge is -2.36. The first-order valence-electron chi connectivity index (χ1n) is 10.6. The Labute approximate surface area is 183 Å². The van der Waals surface area contributed by atoms with Gasteiger partial charge in [-0.25, -0.2) is 0 Å². The minimum absolute atomic E-state index is 0.133. The molecule has 4 rings (SSSR count). The Bertz CT molecular complexity index is 808. The lowest BCUT2D eigenvalue weighted by atomic mass is 9.95. The van der Waals surface area contributed by atoms with Gasteiger partial charge < -0.3 is 5.32 Å². The van der Waals surface area contributed by atoms with Crippen molar-refractivity contribution in [2.75, 3.05) is 41.4 Å². The van der Waals surface area contributed by atoms with E-state index in [1.54, 1.807) is 0 Å². The molecule has 2 aliphatic rings. The van der Waals surface area contributed by atoms with Crippen molar-refractivity contribution < 1.29 is 4.79 Å². The highest BCUT2D eigenvalue weighted by Crippen LogP contribution is 2.27. The number of thioether (sulfide) groups is 2. The summed E-state index contributed by atoms with van der Waals surface area (Å²) in [5, 5.41) is 3.14. The van der Waals surface area contributed by atoms with Gasteiger partial charge in [0, 0.05) is 40.7 Å². The van der Waals surface area contributed by atoms with Crippen molar-refractivity contribution >= 4 is 35.1 Å². The van der Waals surface area contributed by atoms with Crippen LogP contribution < -0.4 is 5.32 Å². The average Bonchev–Trinajstić information content (AvgIpc) is 3.04. The number of piperidine rings is 1. The number of amides is 1. The molecule has 3 nitrogen and oxygen atoms in total. The molecule has 2 aliphatic heterocycles. The molecular formula is C24H30N2OS2. The van der Waals surface area contributed by atoms with Crippen LogP contribution in [0.3, 0.4) is 0 Å². The predicted molar refractivity (Wildman–Crippen MR) is 128 cm³/mol. The summed E-state index contributed by atoms with van der Waals surface area (Å²) >= 11 is 4.17. The molecule has 2 heterocycles. The second-order valence-corrected chi connectivity index (χ2v) is 10.3. The van der Waals surface area contributed by atoms with Gasteiger partial charge in [-0.2, -0.15) is 23.5 Å². The smallest absolute Gasteiger partial charge is 0.227 e. The van der Waals surface area contributed by atoms with Crippen molar-refractivity contribution in [1.82, 2.24) is 4.90 Å². The lowest BCUT2D eigenvalue weighted by Crippen LogP contribution is -2.45. The molecule has 0 saturated carbocycles. The van der Waals surface area contributed by atoms with Crippen molar-refractivity contribution in [1.29, 1.82) is 0 Å². The van der Waals surface area contributed by atoms with Gasteiger partial charge in [-0.05, 0) is 56.1 Å². The van der Waals surface area contributed by atoms with E-state index in [1.807, 2.05) is 12.1 Å². The second kappa shape index (κ2) is 10.1. The third-order valence-corrected chi connectivity index (χ3v) is 8.40. The van der Waals surface area contributed by atoms with Crippen LogP contribution in [-0.4, -0.2) is 52.9 Å². The molecule has 154 valence electrons. The number of benzene rings is 2. The minimum Gasteiger partial charge on any atom is -0.326 e. The fourth-order valence-electron chi connectivity index (χ4n) is 4.16. The molecule has 0 spiro atoms. The summed E-state index contributed by atoms with van der Waals surface area (Å²) in [6.45, 7) is 4.21. The van der Waals surface area contributed by atoms with E-state index in [2.05, 4.69) is 77.1 Å². The summed E-state index contributed by atoms with van der Waals surface area (Å²) in [5.74, 6) is 5.37. The summed E-state index contributed by atoms with van der Waals surface area (Å²) in [6, 6.07) is 17.4. The number of rotatable bonds is 4. The zero-order valence-electron chi connectivity index (χ0n) is 17.1. The number of hydrogen-bond donors (Lipinski definition) is 1. The van der Waals surface area contributed by atoms with Crippen molar-refractivity contribution in [2.24, 2.45) is 5.92 Å². The Morgan fingerprint density at radius 2 is 1.66 bits per heavy atom.